The number of carbonyl (C=O) groups is 1. The van der Waals surface area contributed by atoms with Gasteiger partial charge < -0.3 is 14.6 Å². The Labute approximate surface area is 152 Å². The van der Waals surface area contributed by atoms with Gasteiger partial charge in [0.2, 0.25) is 5.82 Å². The van der Waals surface area contributed by atoms with Gasteiger partial charge >= 0.3 is 0 Å². The normalized spacial score (nSPS) is 10.8. The van der Waals surface area contributed by atoms with Crippen LogP contribution < -0.4 is 10.1 Å². The molecular weight excluding hydrogens is 330 g/mol. The van der Waals surface area contributed by atoms with E-state index in [0.717, 1.165) is 11.1 Å². The lowest BCUT2D eigenvalue weighted by atomic mass is 10.1. The Morgan fingerprint density at radius 1 is 1.15 bits per heavy atom. The molecule has 1 aromatic heterocycles. The van der Waals surface area contributed by atoms with E-state index in [0.29, 0.717) is 23.0 Å². The molecule has 0 fully saturated rings. The molecule has 134 valence electrons. The third-order valence-electron chi connectivity index (χ3n) is 3.66. The molecule has 6 heteroatoms. The van der Waals surface area contributed by atoms with Gasteiger partial charge in [-0.05, 0) is 45.0 Å². The van der Waals surface area contributed by atoms with Crippen molar-refractivity contribution in [3.05, 3.63) is 54.1 Å². The summed E-state index contributed by atoms with van der Waals surface area (Å²) in [6, 6.07) is 15.2. The van der Waals surface area contributed by atoms with Crippen molar-refractivity contribution in [1.82, 2.24) is 15.5 Å². The maximum Gasteiger partial charge on any atom is 0.258 e. The van der Waals surface area contributed by atoms with E-state index in [1.54, 1.807) is 6.07 Å². The van der Waals surface area contributed by atoms with E-state index < -0.39 is 0 Å². The molecule has 2 aromatic carbocycles. The van der Waals surface area contributed by atoms with Gasteiger partial charge in [0.15, 0.2) is 6.61 Å². The lowest BCUT2D eigenvalue weighted by Gasteiger charge is -2.11. The molecule has 0 saturated carbocycles. The predicted octanol–water partition coefficient (Wildman–Crippen LogP) is 3.62. The molecule has 0 aliphatic rings. The monoisotopic (exact) mass is 351 g/mol. The number of benzene rings is 2. The highest BCUT2D eigenvalue weighted by Gasteiger charge is 2.15. The quantitative estimate of drug-likeness (QED) is 0.734. The maximum atomic E-state index is 11.8. The van der Waals surface area contributed by atoms with Crippen molar-refractivity contribution in [2.45, 2.75) is 26.8 Å². The number of nitrogens with zero attached hydrogens (tertiary/aromatic N) is 2. The summed E-state index contributed by atoms with van der Waals surface area (Å²) in [5.41, 5.74) is 2.68. The number of aromatic nitrogens is 2. The van der Waals surface area contributed by atoms with Gasteiger partial charge in [-0.25, -0.2) is 0 Å². The van der Waals surface area contributed by atoms with Crippen molar-refractivity contribution in [2.75, 3.05) is 6.61 Å². The first-order valence-corrected chi connectivity index (χ1v) is 8.45. The van der Waals surface area contributed by atoms with Crippen LogP contribution in [0.3, 0.4) is 0 Å². The van der Waals surface area contributed by atoms with Crippen LogP contribution in [0.4, 0.5) is 0 Å². The van der Waals surface area contributed by atoms with Crippen LogP contribution in [0.5, 0.6) is 5.75 Å². The first kappa shape index (κ1) is 17.7. The van der Waals surface area contributed by atoms with E-state index in [2.05, 4.69) is 15.5 Å². The van der Waals surface area contributed by atoms with Gasteiger partial charge in [-0.1, -0.05) is 35.0 Å². The van der Waals surface area contributed by atoms with Crippen molar-refractivity contribution < 1.29 is 14.1 Å². The number of hydrogen-bond donors (Lipinski definition) is 1. The molecule has 0 atom stereocenters. The second kappa shape index (κ2) is 7.82. The second-order valence-electron chi connectivity index (χ2n) is 6.30. The molecule has 3 rings (SSSR count). The summed E-state index contributed by atoms with van der Waals surface area (Å²) < 4.78 is 11.0. The van der Waals surface area contributed by atoms with Crippen LogP contribution in [0.25, 0.3) is 22.8 Å². The molecule has 0 unspecified atom stereocenters. The highest BCUT2D eigenvalue weighted by Crippen LogP contribution is 2.29. The highest BCUT2D eigenvalue weighted by molar-refractivity contribution is 5.78. The average molecular weight is 351 g/mol. The largest absolute Gasteiger partial charge is 0.483 e. The van der Waals surface area contributed by atoms with E-state index in [1.165, 1.54) is 0 Å². The van der Waals surface area contributed by atoms with Crippen molar-refractivity contribution in [2.24, 2.45) is 0 Å². The van der Waals surface area contributed by atoms with Gasteiger partial charge in [0.1, 0.15) is 5.75 Å². The zero-order chi connectivity index (χ0) is 18.5. The van der Waals surface area contributed by atoms with Crippen molar-refractivity contribution in [3.63, 3.8) is 0 Å². The van der Waals surface area contributed by atoms with Gasteiger partial charge in [-0.2, -0.15) is 4.98 Å². The highest BCUT2D eigenvalue weighted by atomic mass is 16.5. The third-order valence-corrected chi connectivity index (χ3v) is 3.66. The van der Waals surface area contributed by atoms with Crippen LogP contribution in [0.1, 0.15) is 19.4 Å². The minimum atomic E-state index is -0.178. The van der Waals surface area contributed by atoms with E-state index >= 15 is 0 Å². The minimum Gasteiger partial charge on any atom is -0.483 e. The first-order valence-electron chi connectivity index (χ1n) is 8.45. The van der Waals surface area contributed by atoms with Gasteiger partial charge in [0.05, 0.1) is 5.56 Å². The zero-order valence-corrected chi connectivity index (χ0v) is 15.0. The van der Waals surface area contributed by atoms with Gasteiger partial charge in [0.25, 0.3) is 11.8 Å². The number of rotatable bonds is 6. The number of carbonyl (C=O) groups excluding carboxylic acids is 1. The van der Waals surface area contributed by atoms with Crippen molar-refractivity contribution in [3.8, 4) is 28.6 Å². The van der Waals surface area contributed by atoms with E-state index in [9.17, 15) is 4.79 Å². The second-order valence-corrected chi connectivity index (χ2v) is 6.30. The first-order chi connectivity index (χ1) is 12.5. The fraction of sp³-hybridized carbons (Fsp3) is 0.250. The Morgan fingerprint density at radius 3 is 2.62 bits per heavy atom. The van der Waals surface area contributed by atoms with Crippen molar-refractivity contribution in [1.29, 1.82) is 0 Å². The number of aryl methyl sites for hydroxylation is 1. The number of amides is 1. The lowest BCUT2D eigenvalue weighted by molar-refractivity contribution is -0.123. The molecule has 0 bridgehead atoms. The summed E-state index contributed by atoms with van der Waals surface area (Å²) in [5.74, 6) is 1.21. The van der Waals surface area contributed by atoms with Crippen LogP contribution >= 0.6 is 0 Å². The molecule has 0 radical (unpaired) electrons. The Hall–Kier alpha value is -3.15. The van der Waals surface area contributed by atoms with Gasteiger partial charge in [0, 0.05) is 11.6 Å². The molecule has 3 aromatic rings. The SMILES string of the molecule is Cc1ccc(-c2nc(-c3ccccc3OCC(=O)NC(C)C)no2)cc1. The standard InChI is InChI=1S/C20H21N3O3/c1-13(2)21-18(24)12-25-17-7-5-4-6-16(17)19-22-20(26-23-19)15-10-8-14(3)9-11-15/h4-11,13H,12H2,1-3H3,(H,21,24). The number of para-hydroxylation sites is 1. The number of nitrogens with one attached hydrogen (secondary N) is 1. The third kappa shape index (κ3) is 4.27. The van der Waals surface area contributed by atoms with Crippen LogP contribution in [0, 0.1) is 6.92 Å². The van der Waals surface area contributed by atoms with Crippen LogP contribution in [-0.2, 0) is 4.79 Å². The molecule has 1 heterocycles. The summed E-state index contributed by atoms with van der Waals surface area (Å²) >= 11 is 0. The molecule has 0 saturated heterocycles. The Balaban J connectivity index is 1.80. The van der Waals surface area contributed by atoms with E-state index in [-0.39, 0.29) is 18.6 Å². The topological polar surface area (TPSA) is 77.2 Å². The van der Waals surface area contributed by atoms with E-state index in [1.807, 2.05) is 63.2 Å². The summed E-state index contributed by atoms with van der Waals surface area (Å²) in [6.45, 7) is 5.75. The molecule has 0 spiro atoms. The zero-order valence-electron chi connectivity index (χ0n) is 15.0. The fourth-order valence-corrected chi connectivity index (χ4v) is 2.43. The number of ether oxygens (including phenoxy) is 1. The molecule has 1 N–H and O–H groups in total. The molecular formula is C20H21N3O3. The summed E-state index contributed by atoms with van der Waals surface area (Å²) in [4.78, 5) is 16.3. The van der Waals surface area contributed by atoms with Gasteiger partial charge in [-0.3, -0.25) is 4.79 Å². The molecule has 1 amide bonds. The van der Waals surface area contributed by atoms with Gasteiger partial charge in [-0.15, -0.1) is 0 Å². The van der Waals surface area contributed by atoms with Crippen LogP contribution in [0.2, 0.25) is 0 Å². The Kier molecular flexibility index (Phi) is 5.31. The predicted molar refractivity (Wildman–Crippen MR) is 98.7 cm³/mol. The average Bonchev–Trinajstić information content (AvgIpc) is 3.10. The Bertz CT molecular complexity index is 885. The Morgan fingerprint density at radius 2 is 1.88 bits per heavy atom. The maximum absolute atomic E-state index is 11.8. The summed E-state index contributed by atoms with van der Waals surface area (Å²) in [7, 11) is 0. The summed E-state index contributed by atoms with van der Waals surface area (Å²) in [6.07, 6.45) is 0. The molecule has 6 nitrogen and oxygen atoms in total. The fourth-order valence-electron chi connectivity index (χ4n) is 2.43. The molecule has 26 heavy (non-hydrogen) atoms. The lowest BCUT2D eigenvalue weighted by Crippen LogP contribution is -2.34. The van der Waals surface area contributed by atoms with Crippen LogP contribution in [-0.4, -0.2) is 28.7 Å². The van der Waals surface area contributed by atoms with E-state index in [4.69, 9.17) is 9.26 Å². The molecule has 0 aliphatic carbocycles. The van der Waals surface area contributed by atoms with Crippen molar-refractivity contribution >= 4 is 5.91 Å². The summed E-state index contributed by atoms with van der Waals surface area (Å²) in [5, 5.41) is 6.84. The molecule has 0 aliphatic heterocycles. The van der Waals surface area contributed by atoms with Crippen LogP contribution in [0.15, 0.2) is 53.1 Å². The number of hydrogen-bond acceptors (Lipinski definition) is 5. The smallest absolute Gasteiger partial charge is 0.258 e. The minimum absolute atomic E-state index is 0.0654.